The molecule has 1 aromatic heterocycles. The lowest BCUT2D eigenvalue weighted by Gasteiger charge is -2.06. The fourth-order valence-electron chi connectivity index (χ4n) is 2.08. The number of hydrogen-bond donors (Lipinski definition) is 2. The van der Waals surface area contributed by atoms with Crippen molar-refractivity contribution in [2.45, 2.75) is 0 Å². The summed E-state index contributed by atoms with van der Waals surface area (Å²) < 4.78 is 5.24. The van der Waals surface area contributed by atoms with Crippen LogP contribution in [0.4, 0.5) is 5.69 Å². The van der Waals surface area contributed by atoms with Crippen LogP contribution in [0.1, 0.15) is 10.4 Å². The number of rotatable bonds is 2. The average Bonchev–Trinajstić information content (AvgIpc) is 2.47. The molecule has 22 heavy (non-hydrogen) atoms. The standard InChI is InChI=1S/C16H10ClNO4/c17-9-3-1-4-10(7-9)18-16(21)11-8-22-13-6-2-5-12(19)14(13)15(11)20/h1-8,19H,(H,18,21). The van der Waals surface area contributed by atoms with E-state index < -0.39 is 11.3 Å². The van der Waals surface area contributed by atoms with Gasteiger partial charge in [-0.1, -0.05) is 23.7 Å². The number of anilines is 1. The summed E-state index contributed by atoms with van der Waals surface area (Å²) in [6.45, 7) is 0. The smallest absolute Gasteiger partial charge is 0.262 e. The summed E-state index contributed by atoms with van der Waals surface area (Å²) in [6.07, 6.45) is 1.07. The first kappa shape index (κ1) is 14.2. The number of phenolic OH excluding ortho intramolecular Hbond substituents is 1. The molecule has 0 saturated heterocycles. The third-order valence-corrected chi connectivity index (χ3v) is 3.34. The van der Waals surface area contributed by atoms with E-state index in [9.17, 15) is 14.7 Å². The van der Waals surface area contributed by atoms with E-state index in [4.69, 9.17) is 16.0 Å². The number of nitrogens with one attached hydrogen (secondary N) is 1. The molecule has 0 spiro atoms. The highest BCUT2D eigenvalue weighted by Crippen LogP contribution is 2.22. The molecule has 0 unspecified atom stereocenters. The summed E-state index contributed by atoms with van der Waals surface area (Å²) in [5.74, 6) is -0.871. The first-order chi connectivity index (χ1) is 10.6. The molecule has 2 aromatic carbocycles. The second kappa shape index (κ2) is 5.54. The predicted octanol–water partition coefficient (Wildman–Crippen LogP) is 3.40. The van der Waals surface area contributed by atoms with Gasteiger partial charge in [0.25, 0.3) is 5.91 Å². The van der Waals surface area contributed by atoms with Crippen LogP contribution in [0.2, 0.25) is 5.02 Å². The zero-order chi connectivity index (χ0) is 15.7. The monoisotopic (exact) mass is 315 g/mol. The predicted molar refractivity (Wildman–Crippen MR) is 83.6 cm³/mol. The van der Waals surface area contributed by atoms with Crippen LogP contribution in [0.3, 0.4) is 0 Å². The highest BCUT2D eigenvalue weighted by Gasteiger charge is 2.16. The summed E-state index contributed by atoms with van der Waals surface area (Å²) in [5, 5.41) is 12.8. The Balaban J connectivity index is 2.03. The Hall–Kier alpha value is -2.79. The molecule has 0 aliphatic heterocycles. The zero-order valence-corrected chi connectivity index (χ0v) is 11.9. The molecule has 5 nitrogen and oxygen atoms in total. The van der Waals surface area contributed by atoms with Crippen molar-refractivity contribution in [3.63, 3.8) is 0 Å². The van der Waals surface area contributed by atoms with Crippen molar-refractivity contribution in [3.8, 4) is 5.75 Å². The van der Waals surface area contributed by atoms with Crippen molar-refractivity contribution < 1.29 is 14.3 Å². The Labute approximate surface area is 129 Å². The maximum Gasteiger partial charge on any atom is 0.262 e. The molecule has 1 amide bonds. The summed E-state index contributed by atoms with van der Waals surface area (Å²) >= 11 is 5.84. The molecule has 0 bridgehead atoms. The van der Waals surface area contributed by atoms with Crippen molar-refractivity contribution in [3.05, 3.63) is 69.5 Å². The Morgan fingerprint density at radius 3 is 2.73 bits per heavy atom. The van der Waals surface area contributed by atoms with Crippen LogP contribution < -0.4 is 10.7 Å². The highest BCUT2D eigenvalue weighted by molar-refractivity contribution is 6.31. The van der Waals surface area contributed by atoms with Crippen LogP contribution in [-0.4, -0.2) is 11.0 Å². The quantitative estimate of drug-likeness (QED) is 0.759. The molecule has 0 aliphatic carbocycles. The summed E-state index contributed by atoms with van der Waals surface area (Å²) in [4.78, 5) is 24.5. The SMILES string of the molecule is O=C(Nc1cccc(Cl)c1)c1coc2cccc(O)c2c1=O. The Morgan fingerprint density at radius 1 is 1.18 bits per heavy atom. The van der Waals surface area contributed by atoms with Gasteiger partial charge in [-0.15, -0.1) is 0 Å². The second-order valence-corrected chi connectivity index (χ2v) is 5.03. The van der Waals surface area contributed by atoms with E-state index in [-0.39, 0.29) is 22.3 Å². The van der Waals surface area contributed by atoms with E-state index >= 15 is 0 Å². The summed E-state index contributed by atoms with van der Waals surface area (Å²) in [5.41, 5.74) is -0.133. The summed E-state index contributed by atoms with van der Waals surface area (Å²) in [7, 11) is 0. The number of aromatic hydroxyl groups is 1. The number of hydrogen-bond acceptors (Lipinski definition) is 4. The van der Waals surface area contributed by atoms with Crippen molar-refractivity contribution >= 4 is 34.2 Å². The van der Waals surface area contributed by atoms with Crippen molar-refractivity contribution in [1.82, 2.24) is 0 Å². The molecule has 0 saturated carbocycles. The maximum absolute atomic E-state index is 12.3. The van der Waals surface area contributed by atoms with E-state index in [1.807, 2.05) is 0 Å². The molecule has 3 rings (SSSR count). The lowest BCUT2D eigenvalue weighted by Crippen LogP contribution is -2.21. The molecule has 110 valence electrons. The average molecular weight is 316 g/mol. The van der Waals surface area contributed by atoms with E-state index in [2.05, 4.69) is 5.32 Å². The van der Waals surface area contributed by atoms with Gasteiger partial charge < -0.3 is 14.8 Å². The molecule has 6 heteroatoms. The molecule has 0 aliphatic rings. The number of fused-ring (bicyclic) bond motifs is 1. The Morgan fingerprint density at radius 2 is 1.95 bits per heavy atom. The van der Waals surface area contributed by atoms with Gasteiger partial charge in [-0.25, -0.2) is 0 Å². The van der Waals surface area contributed by atoms with Crippen molar-refractivity contribution in [1.29, 1.82) is 0 Å². The third kappa shape index (κ3) is 2.54. The fraction of sp³-hybridized carbons (Fsp3) is 0. The number of carbonyl (C=O) groups is 1. The number of phenols is 1. The maximum atomic E-state index is 12.3. The molecule has 0 radical (unpaired) electrons. The molecule has 0 fully saturated rings. The molecular weight excluding hydrogens is 306 g/mol. The first-order valence-corrected chi connectivity index (χ1v) is 6.74. The summed E-state index contributed by atoms with van der Waals surface area (Å²) in [6, 6.07) is 11.0. The molecule has 1 heterocycles. The van der Waals surface area contributed by atoms with Gasteiger partial charge in [0.2, 0.25) is 5.43 Å². The van der Waals surface area contributed by atoms with Gasteiger partial charge in [-0.2, -0.15) is 0 Å². The minimum Gasteiger partial charge on any atom is -0.507 e. The molecule has 3 aromatic rings. The van der Waals surface area contributed by atoms with Gasteiger partial charge in [0.05, 0.1) is 0 Å². The molecule has 2 N–H and O–H groups in total. The van der Waals surface area contributed by atoms with Gasteiger partial charge >= 0.3 is 0 Å². The van der Waals surface area contributed by atoms with Gasteiger partial charge in [-0.3, -0.25) is 9.59 Å². The first-order valence-electron chi connectivity index (χ1n) is 6.36. The number of amides is 1. The molecule has 0 atom stereocenters. The van der Waals surface area contributed by atoms with Crippen LogP contribution in [0.15, 0.2) is 57.9 Å². The van der Waals surface area contributed by atoms with Crippen LogP contribution in [0.25, 0.3) is 11.0 Å². The Bertz CT molecular complexity index is 933. The zero-order valence-electron chi connectivity index (χ0n) is 11.2. The largest absolute Gasteiger partial charge is 0.507 e. The van der Waals surface area contributed by atoms with Gasteiger partial charge in [0.1, 0.15) is 28.5 Å². The third-order valence-electron chi connectivity index (χ3n) is 3.11. The minimum atomic E-state index is -0.638. The second-order valence-electron chi connectivity index (χ2n) is 4.59. The Kier molecular flexibility index (Phi) is 3.56. The van der Waals surface area contributed by atoms with Crippen LogP contribution in [0.5, 0.6) is 5.75 Å². The van der Waals surface area contributed by atoms with Crippen LogP contribution >= 0.6 is 11.6 Å². The van der Waals surface area contributed by atoms with E-state index in [1.54, 1.807) is 30.3 Å². The van der Waals surface area contributed by atoms with Crippen molar-refractivity contribution in [2.75, 3.05) is 5.32 Å². The van der Waals surface area contributed by atoms with Crippen molar-refractivity contribution in [2.24, 2.45) is 0 Å². The number of benzene rings is 2. The lowest BCUT2D eigenvalue weighted by atomic mass is 10.1. The fourth-order valence-corrected chi connectivity index (χ4v) is 2.27. The minimum absolute atomic E-state index is 0.0266. The van der Waals surface area contributed by atoms with E-state index in [0.29, 0.717) is 10.7 Å². The topological polar surface area (TPSA) is 79.5 Å². The van der Waals surface area contributed by atoms with Gasteiger partial charge in [-0.05, 0) is 30.3 Å². The number of carbonyl (C=O) groups excluding carboxylic acids is 1. The van der Waals surface area contributed by atoms with Crippen LogP contribution in [-0.2, 0) is 0 Å². The van der Waals surface area contributed by atoms with Crippen LogP contribution in [0, 0.1) is 0 Å². The number of halogens is 1. The highest BCUT2D eigenvalue weighted by atomic mass is 35.5. The molecular formula is C16H10ClNO4. The van der Waals surface area contributed by atoms with E-state index in [1.165, 1.54) is 12.1 Å². The van der Waals surface area contributed by atoms with Gasteiger partial charge in [0, 0.05) is 10.7 Å². The lowest BCUT2D eigenvalue weighted by molar-refractivity contribution is 0.102. The van der Waals surface area contributed by atoms with Gasteiger partial charge in [0.15, 0.2) is 0 Å². The normalized spacial score (nSPS) is 10.6. The van der Waals surface area contributed by atoms with E-state index in [0.717, 1.165) is 6.26 Å².